The van der Waals surface area contributed by atoms with Crippen molar-refractivity contribution >= 4 is 10.9 Å². The highest BCUT2D eigenvalue weighted by Gasteiger charge is 2.26. The third kappa shape index (κ3) is 5.47. The fourth-order valence-corrected chi connectivity index (χ4v) is 4.58. The minimum atomic E-state index is -0.128. The molecule has 4 aromatic rings. The van der Waals surface area contributed by atoms with Crippen molar-refractivity contribution in [1.29, 1.82) is 0 Å². The zero-order valence-corrected chi connectivity index (χ0v) is 21.6. The quantitative estimate of drug-likeness (QED) is 0.340. The highest BCUT2D eigenvalue weighted by molar-refractivity contribution is 5.80. The molecule has 0 bridgehead atoms. The number of hydrogen-bond donors (Lipinski definition) is 1. The van der Waals surface area contributed by atoms with Crippen LogP contribution in [-0.2, 0) is 24.4 Å². The van der Waals surface area contributed by atoms with Gasteiger partial charge in [-0.25, -0.2) is 4.68 Å². The molecule has 0 spiro atoms. The van der Waals surface area contributed by atoms with E-state index in [4.69, 9.17) is 9.47 Å². The van der Waals surface area contributed by atoms with Crippen LogP contribution in [0.2, 0.25) is 0 Å². The van der Waals surface area contributed by atoms with E-state index in [1.54, 1.807) is 18.9 Å². The Bertz CT molecular complexity index is 1380. The average Bonchev–Trinajstić information content (AvgIpc) is 3.33. The normalized spacial score (nSPS) is 12.4. The van der Waals surface area contributed by atoms with Crippen LogP contribution in [0.15, 0.2) is 47.3 Å². The third-order valence-corrected chi connectivity index (χ3v) is 6.67. The van der Waals surface area contributed by atoms with Crippen molar-refractivity contribution in [2.45, 2.75) is 52.9 Å². The maximum Gasteiger partial charge on any atom is 0.252 e. The highest BCUT2D eigenvalue weighted by atomic mass is 16.5. The predicted molar refractivity (Wildman–Crippen MR) is 139 cm³/mol. The predicted octanol–water partition coefficient (Wildman–Crippen LogP) is 3.94. The van der Waals surface area contributed by atoms with Gasteiger partial charge in [0.15, 0.2) is 5.82 Å². The van der Waals surface area contributed by atoms with E-state index >= 15 is 0 Å². The summed E-state index contributed by atoms with van der Waals surface area (Å²) >= 11 is 0. The fourth-order valence-electron chi connectivity index (χ4n) is 4.58. The molecule has 0 aliphatic carbocycles. The van der Waals surface area contributed by atoms with E-state index in [9.17, 15) is 4.79 Å². The van der Waals surface area contributed by atoms with Gasteiger partial charge in [-0.05, 0) is 71.5 Å². The van der Waals surface area contributed by atoms with E-state index in [0.29, 0.717) is 31.8 Å². The van der Waals surface area contributed by atoms with Gasteiger partial charge in [-0.1, -0.05) is 25.1 Å². The van der Waals surface area contributed by atoms with Crippen molar-refractivity contribution in [1.82, 2.24) is 30.1 Å². The molecular formula is C27H34N6O3. The summed E-state index contributed by atoms with van der Waals surface area (Å²) < 4.78 is 12.7. The molecule has 9 nitrogen and oxygen atoms in total. The fraction of sp³-hybridized carbons (Fsp3) is 0.407. The van der Waals surface area contributed by atoms with Crippen LogP contribution in [0.1, 0.15) is 47.5 Å². The zero-order chi connectivity index (χ0) is 25.7. The number of nitrogens with one attached hydrogen (secondary N) is 1. The van der Waals surface area contributed by atoms with Crippen LogP contribution in [0.4, 0.5) is 0 Å². The highest BCUT2D eigenvalue weighted by Crippen LogP contribution is 2.29. The molecule has 0 radical (unpaired) electrons. The molecule has 4 rings (SSSR count). The average molecular weight is 491 g/mol. The molecule has 0 saturated heterocycles. The van der Waals surface area contributed by atoms with Crippen LogP contribution in [0.25, 0.3) is 10.9 Å². The number of benzene rings is 2. The third-order valence-electron chi connectivity index (χ3n) is 6.67. The van der Waals surface area contributed by atoms with E-state index < -0.39 is 0 Å². The van der Waals surface area contributed by atoms with Gasteiger partial charge >= 0.3 is 0 Å². The van der Waals surface area contributed by atoms with Crippen LogP contribution in [0.3, 0.4) is 0 Å². The number of hydrogen-bond acceptors (Lipinski definition) is 7. The Labute approximate surface area is 211 Å². The van der Waals surface area contributed by atoms with Crippen molar-refractivity contribution in [2.75, 3.05) is 20.8 Å². The number of H-pyrrole nitrogens is 1. The summed E-state index contributed by atoms with van der Waals surface area (Å²) in [6.45, 7) is 8.27. The molecule has 0 saturated carbocycles. The molecule has 1 N–H and O–H groups in total. The summed E-state index contributed by atoms with van der Waals surface area (Å²) in [6, 6.07) is 14.0. The van der Waals surface area contributed by atoms with Crippen LogP contribution in [0.5, 0.6) is 5.75 Å². The number of aromatic nitrogens is 5. The summed E-state index contributed by atoms with van der Waals surface area (Å²) in [5.41, 5.74) is 4.81. The number of fused-ring (bicyclic) bond motifs is 1. The number of ether oxygens (including phenoxy) is 2. The first-order valence-corrected chi connectivity index (χ1v) is 12.2. The van der Waals surface area contributed by atoms with Crippen molar-refractivity contribution in [2.24, 2.45) is 0 Å². The Hall–Kier alpha value is -3.56. The maximum absolute atomic E-state index is 13.2. The molecule has 0 aliphatic heterocycles. The van der Waals surface area contributed by atoms with Crippen molar-refractivity contribution < 1.29 is 9.47 Å². The van der Waals surface area contributed by atoms with E-state index in [1.165, 1.54) is 5.56 Å². The van der Waals surface area contributed by atoms with Gasteiger partial charge in [-0.2, -0.15) is 0 Å². The van der Waals surface area contributed by atoms with Gasteiger partial charge in [0.05, 0.1) is 26.3 Å². The molecule has 2 aromatic carbocycles. The second-order valence-corrected chi connectivity index (χ2v) is 9.04. The molecule has 190 valence electrons. The van der Waals surface area contributed by atoms with Crippen LogP contribution in [-0.4, -0.2) is 50.9 Å². The van der Waals surface area contributed by atoms with E-state index in [2.05, 4.69) is 52.2 Å². The minimum Gasteiger partial charge on any atom is -0.496 e. The standard InChI is InChI=1S/C27H34N6O3/c1-6-24(26-29-30-31-33(26)11-12-35-4)32(16-20-9-7-8-10-25(20)36-5)17-22-15-21-13-18(2)19(3)14-23(21)28-27(22)34/h7-10,13-15,24H,6,11-12,16-17H2,1-5H3,(H,28,34)/t24-/m0/s1. The van der Waals surface area contributed by atoms with E-state index in [1.807, 2.05) is 36.4 Å². The largest absolute Gasteiger partial charge is 0.496 e. The lowest BCUT2D eigenvalue weighted by atomic mass is 10.0. The summed E-state index contributed by atoms with van der Waals surface area (Å²) in [6.07, 6.45) is 0.756. The first-order valence-electron chi connectivity index (χ1n) is 12.2. The number of methoxy groups -OCH3 is 2. The Morgan fingerprint density at radius 1 is 1.06 bits per heavy atom. The Morgan fingerprint density at radius 3 is 2.56 bits per heavy atom. The van der Waals surface area contributed by atoms with Gasteiger partial charge < -0.3 is 14.5 Å². The lowest BCUT2D eigenvalue weighted by molar-refractivity contribution is 0.149. The van der Waals surface area contributed by atoms with E-state index in [-0.39, 0.29) is 11.6 Å². The molecule has 0 unspecified atom stereocenters. The molecule has 0 fully saturated rings. The topological polar surface area (TPSA) is 98.2 Å². The molecule has 2 aromatic heterocycles. The van der Waals surface area contributed by atoms with Gasteiger partial charge in [0.2, 0.25) is 0 Å². The van der Waals surface area contributed by atoms with Gasteiger partial charge in [-0.3, -0.25) is 9.69 Å². The summed E-state index contributed by atoms with van der Waals surface area (Å²) in [5.74, 6) is 1.54. The number of rotatable bonds is 11. The number of para-hydroxylation sites is 1. The van der Waals surface area contributed by atoms with Gasteiger partial charge in [0.25, 0.3) is 5.56 Å². The molecule has 9 heteroatoms. The Balaban J connectivity index is 1.76. The minimum absolute atomic E-state index is 0.0930. The monoisotopic (exact) mass is 490 g/mol. The van der Waals surface area contributed by atoms with Crippen LogP contribution in [0, 0.1) is 13.8 Å². The molecule has 36 heavy (non-hydrogen) atoms. The Kier molecular flexibility index (Phi) is 8.12. The molecule has 1 atom stereocenters. The first-order chi connectivity index (χ1) is 17.4. The lowest BCUT2D eigenvalue weighted by Gasteiger charge is -2.30. The smallest absolute Gasteiger partial charge is 0.252 e. The molecule has 0 aliphatic rings. The number of nitrogens with zero attached hydrogens (tertiary/aromatic N) is 5. The maximum atomic E-state index is 13.2. The number of aryl methyl sites for hydroxylation is 2. The molecule has 0 amide bonds. The second kappa shape index (κ2) is 11.5. The van der Waals surface area contributed by atoms with Gasteiger partial charge in [-0.15, -0.1) is 5.10 Å². The summed E-state index contributed by atoms with van der Waals surface area (Å²) in [4.78, 5) is 18.5. The first kappa shape index (κ1) is 25.5. The van der Waals surface area contributed by atoms with Gasteiger partial charge in [0, 0.05) is 36.8 Å². The van der Waals surface area contributed by atoms with Crippen LogP contribution >= 0.6 is 0 Å². The van der Waals surface area contributed by atoms with Crippen molar-refractivity contribution in [3.8, 4) is 5.75 Å². The second-order valence-electron chi connectivity index (χ2n) is 9.04. The molecular weight excluding hydrogens is 456 g/mol. The van der Waals surface area contributed by atoms with E-state index in [0.717, 1.165) is 40.0 Å². The van der Waals surface area contributed by atoms with Crippen LogP contribution < -0.4 is 10.3 Å². The lowest BCUT2D eigenvalue weighted by Crippen LogP contribution is -2.32. The molecule has 2 heterocycles. The Morgan fingerprint density at radius 2 is 1.81 bits per heavy atom. The van der Waals surface area contributed by atoms with Gasteiger partial charge in [0.1, 0.15) is 5.75 Å². The summed E-state index contributed by atoms with van der Waals surface area (Å²) in [5, 5.41) is 13.5. The number of tetrazole rings is 1. The summed E-state index contributed by atoms with van der Waals surface area (Å²) in [7, 11) is 3.33. The number of aromatic amines is 1. The number of pyridine rings is 1. The zero-order valence-electron chi connectivity index (χ0n) is 21.6. The SMILES string of the molecule is CC[C@@H](c1nnnn1CCOC)N(Cc1ccccc1OC)Cc1cc2cc(C)c(C)cc2[nH]c1=O. The van der Waals surface area contributed by atoms with Crippen molar-refractivity contribution in [3.63, 3.8) is 0 Å². The van der Waals surface area contributed by atoms with Crippen molar-refractivity contribution in [3.05, 3.63) is 80.9 Å².